The van der Waals surface area contributed by atoms with Gasteiger partial charge in [0.15, 0.2) is 11.6 Å². The molecule has 0 fully saturated rings. The van der Waals surface area contributed by atoms with Crippen LogP contribution < -0.4 is 9.64 Å². The van der Waals surface area contributed by atoms with E-state index in [1.54, 1.807) is 0 Å². The number of benzene rings is 6. The number of anilines is 3. The molecule has 0 radical (unpaired) electrons. The Morgan fingerprint density at radius 3 is 1.51 bits per heavy atom. The maximum atomic E-state index is 14.6. The summed E-state index contributed by atoms with van der Waals surface area (Å²) in [5.74, 6) is -0.905. The van der Waals surface area contributed by atoms with Gasteiger partial charge in [0.25, 0.3) is 0 Å². The standard InChI is InChI=1S/C45H37F4NO/c1-43(2)37-11-7-5-9-33(37)35-20-18-31(24-39(35)43)50(32-19-21-36-34-10-6-8-12-38(34)44(3,4)40(36)25-32)30-16-13-28(14-17-30)27-51-42-22-15-29(23-41(42)46)26-45(47,48)49/h5-25H,26-27H2,1-4H3. The second-order valence-electron chi connectivity index (χ2n) is 14.6. The van der Waals surface area contributed by atoms with Crippen LogP contribution in [-0.2, 0) is 23.9 Å². The molecular weight excluding hydrogens is 646 g/mol. The molecule has 0 unspecified atom stereocenters. The number of alkyl halides is 3. The molecule has 0 saturated carbocycles. The average Bonchev–Trinajstić information content (AvgIpc) is 3.47. The summed E-state index contributed by atoms with van der Waals surface area (Å²) >= 11 is 0. The van der Waals surface area contributed by atoms with Crippen LogP contribution in [0.3, 0.4) is 0 Å². The zero-order valence-corrected chi connectivity index (χ0v) is 28.9. The Hall–Kier alpha value is -5.36. The van der Waals surface area contributed by atoms with Crippen molar-refractivity contribution in [3.8, 4) is 28.0 Å². The fraction of sp³-hybridized carbons (Fsp3) is 0.200. The summed E-state index contributed by atoms with van der Waals surface area (Å²) in [6.45, 7) is 9.18. The second-order valence-corrected chi connectivity index (χ2v) is 14.6. The summed E-state index contributed by atoms with van der Waals surface area (Å²) in [4.78, 5) is 2.28. The minimum absolute atomic E-state index is 0.0619. The SMILES string of the molecule is CC1(C)c2ccccc2-c2ccc(N(c3ccc(COc4ccc(CC(F)(F)F)cc4F)cc3)c3ccc4c(c3)C(C)(C)c3ccccc3-4)cc21. The molecule has 0 aromatic heterocycles. The van der Waals surface area contributed by atoms with E-state index < -0.39 is 18.4 Å². The average molecular weight is 684 g/mol. The first-order valence-corrected chi connectivity index (χ1v) is 17.2. The molecule has 6 aromatic carbocycles. The quantitative estimate of drug-likeness (QED) is 0.155. The minimum Gasteiger partial charge on any atom is -0.486 e. The lowest BCUT2D eigenvalue weighted by Gasteiger charge is -2.30. The summed E-state index contributed by atoms with van der Waals surface area (Å²) in [6, 6.07) is 42.0. The van der Waals surface area contributed by atoms with Gasteiger partial charge in [-0.05, 0) is 104 Å². The van der Waals surface area contributed by atoms with Crippen molar-refractivity contribution < 1.29 is 22.3 Å². The van der Waals surface area contributed by atoms with Crippen molar-refractivity contribution in [2.45, 2.75) is 57.7 Å². The molecule has 0 bridgehead atoms. The highest BCUT2D eigenvalue weighted by Crippen LogP contribution is 2.53. The monoisotopic (exact) mass is 683 g/mol. The molecule has 0 heterocycles. The van der Waals surface area contributed by atoms with Gasteiger partial charge in [-0.1, -0.05) is 107 Å². The number of fused-ring (bicyclic) bond motifs is 6. The van der Waals surface area contributed by atoms with Crippen LogP contribution >= 0.6 is 0 Å². The first-order valence-electron chi connectivity index (χ1n) is 17.2. The highest BCUT2D eigenvalue weighted by Gasteiger charge is 2.37. The lowest BCUT2D eigenvalue weighted by atomic mass is 9.82. The molecule has 0 spiro atoms. The number of hydrogen-bond acceptors (Lipinski definition) is 2. The normalized spacial score (nSPS) is 14.7. The fourth-order valence-electron chi connectivity index (χ4n) is 8.02. The maximum absolute atomic E-state index is 14.6. The van der Waals surface area contributed by atoms with Crippen LogP contribution in [0.5, 0.6) is 5.75 Å². The van der Waals surface area contributed by atoms with E-state index in [1.165, 1.54) is 56.6 Å². The van der Waals surface area contributed by atoms with E-state index in [2.05, 4.69) is 118 Å². The van der Waals surface area contributed by atoms with Crippen molar-refractivity contribution in [2.75, 3.05) is 4.90 Å². The van der Waals surface area contributed by atoms with Gasteiger partial charge in [0.2, 0.25) is 0 Å². The van der Waals surface area contributed by atoms with E-state index in [0.717, 1.165) is 28.7 Å². The predicted octanol–water partition coefficient (Wildman–Crippen LogP) is 12.6. The van der Waals surface area contributed by atoms with Crippen molar-refractivity contribution in [1.29, 1.82) is 0 Å². The van der Waals surface area contributed by atoms with Crippen LogP contribution in [0.1, 0.15) is 61.1 Å². The molecule has 6 aromatic rings. The molecule has 0 saturated heterocycles. The summed E-state index contributed by atoms with van der Waals surface area (Å²) in [6.07, 6.45) is -5.60. The van der Waals surface area contributed by atoms with Crippen LogP contribution in [0.25, 0.3) is 22.3 Å². The van der Waals surface area contributed by atoms with Crippen molar-refractivity contribution >= 4 is 17.1 Å². The topological polar surface area (TPSA) is 12.5 Å². The van der Waals surface area contributed by atoms with Crippen LogP contribution in [0.4, 0.5) is 34.6 Å². The van der Waals surface area contributed by atoms with Crippen LogP contribution in [0, 0.1) is 5.82 Å². The summed E-state index contributed by atoms with van der Waals surface area (Å²) in [5.41, 5.74) is 13.5. The van der Waals surface area contributed by atoms with Crippen molar-refractivity contribution in [3.63, 3.8) is 0 Å². The molecule has 2 aliphatic carbocycles. The van der Waals surface area contributed by atoms with Gasteiger partial charge in [-0.25, -0.2) is 4.39 Å². The smallest absolute Gasteiger partial charge is 0.393 e. The van der Waals surface area contributed by atoms with Crippen LogP contribution in [-0.4, -0.2) is 6.18 Å². The number of rotatable bonds is 7. The van der Waals surface area contributed by atoms with Crippen molar-refractivity contribution in [3.05, 3.63) is 167 Å². The van der Waals surface area contributed by atoms with Crippen LogP contribution in [0.2, 0.25) is 0 Å². The summed E-state index contributed by atoms with van der Waals surface area (Å²) in [5, 5.41) is 0. The van der Waals surface area contributed by atoms with Gasteiger partial charge in [0.05, 0.1) is 6.42 Å². The van der Waals surface area contributed by atoms with Crippen molar-refractivity contribution in [1.82, 2.24) is 0 Å². The summed E-state index contributed by atoms with van der Waals surface area (Å²) < 4.78 is 58.7. The molecule has 2 aliphatic rings. The molecule has 0 aliphatic heterocycles. The largest absolute Gasteiger partial charge is 0.486 e. The molecule has 51 heavy (non-hydrogen) atoms. The highest BCUT2D eigenvalue weighted by molar-refractivity contribution is 5.88. The van der Waals surface area contributed by atoms with Crippen molar-refractivity contribution in [2.24, 2.45) is 0 Å². The molecule has 8 rings (SSSR count). The van der Waals surface area contributed by atoms with Gasteiger partial charge in [-0.3, -0.25) is 0 Å². The minimum atomic E-state index is -4.41. The Balaban J connectivity index is 1.15. The van der Waals surface area contributed by atoms with E-state index in [-0.39, 0.29) is 28.7 Å². The van der Waals surface area contributed by atoms with E-state index in [4.69, 9.17) is 4.74 Å². The molecule has 6 heteroatoms. The molecular formula is C45H37F4NO. The van der Waals surface area contributed by atoms with Gasteiger partial charge < -0.3 is 9.64 Å². The molecule has 2 nitrogen and oxygen atoms in total. The summed E-state index contributed by atoms with van der Waals surface area (Å²) in [7, 11) is 0. The molecule has 0 atom stereocenters. The lowest BCUT2D eigenvalue weighted by Crippen LogP contribution is -2.18. The number of halogens is 4. The van der Waals surface area contributed by atoms with Gasteiger partial charge in [-0.15, -0.1) is 0 Å². The Morgan fingerprint density at radius 2 is 1.00 bits per heavy atom. The van der Waals surface area contributed by atoms with Gasteiger partial charge >= 0.3 is 6.18 Å². The molecule has 256 valence electrons. The van der Waals surface area contributed by atoms with E-state index in [1.807, 2.05) is 24.3 Å². The third-order valence-corrected chi connectivity index (χ3v) is 10.6. The van der Waals surface area contributed by atoms with E-state index in [9.17, 15) is 17.6 Å². The predicted molar refractivity (Wildman–Crippen MR) is 197 cm³/mol. The Morgan fingerprint density at radius 1 is 0.529 bits per heavy atom. The fourth-order valence-corrected chi connectivity index (χ4v) is 8.02. The zero-order valence-electron chi connectivity index (χ0n) is 28.9. The molecule has 0 amide bonds. The van der Waals surface area contributed by atoms with Crippen LogP contribution in [0.15, 0.2) is 127 Å². The molecule has 0 N–H and O–H groups in total. The Labute approximate surface area is 296 Å². The number of hydrogen-bond donors (Lipinski definition) is 0. The zero-order chi connectivity index (χ0) is 35.7. The third kappa shape index (κ3) is 5.67. The highest BCUT2D eigenvalue weighted by atomic mass is 19.4. The van der Waals surface area contributed by atoms with Gasteiger partial charge in [0, 0.05) is 27.9 Å². The Kier molecular flexibility index (Phi) is 7.64. The second kappa shape index (κ2) is 11.9. The first-order chi connectivity index (χ1) is 24.3. The van der Waals surface area contributed by atoms with Gasteiger partial charge in [0.1, 0.15) is 6.61 Å². The lowest BCUT2D eigenvalue weighted by molar-refractivity contribution is -0.127. The third-order valence-electron chi connectivity index (χ3n) is 10.6. The maximum Gasteiger partial charge on any atom is 0.393 e. The first kappa shape index (κ1) is 32.8. The van der Waals surface area contributed by atoms with E-state index in [0.29, 0.717) is 0 Å². The number of ether oxygens (including phenoxy) is 1. The van der Waals surface area contributed by atoms with Gasteiger partial charge in [-0.2, -0.15) is 13.2 Å². The van der Waals surface area contributed by atoms with E-state index >= 15 is 0 Å². The Bertz CT molecular complexity index is 2190. The number of nitrogens with zero attached hydrogens (tertiary/aromatic N) is 1.